The van der Waals surface area contributed by atoms with Crippen molar-refractivity contribution in [1.82, 2.24) is 9.19 Å². The maximum atomic E-state index is 5.33. The van der Waals surface area contributed by atoms with Crippen LogP contribution in [-0.4, -0.2) is 15.4 Å². The molecule has 4 heteroatoms. The molecule has 14 heavy (non-hydrogen) atoms. The fraction of sp³-hybridized carbons (Fsp3) is 0.700. The molecule has 1 aromatic rings. The summed E-state index contributed by atoms with van der Waals surface area (Å²) in [7, 11) is -0.150. The maximum Gasteiger partial charge on any atom is 0.0669 e. The molecular formula is C10H14N2S2. The van der Waals surface area contributed by atoms with E-state index in [0.29, 0.717) is 0 Å². The van der Waals surface area contributed by atoms with Crippen LogP contribution in [0.2, 0.25) is 0 Å². The number of aromatic nitrogens is 2. The van der Waals surface area contributed by atoms with E-state index >= 15 is 0 Å². The molecule has 0 bridgehead atoms. The van der Waals surface area contributed by atoms with Gasteiger partial charge < -0.3 is 0 Å². The second kappa shape index (κ2) is 3.14. The zero-order chi connectivity index (χ0) is 9.71. The Hall–Kier alpha value is -0.220. The molecule has 0 N–H and O–H groups in total. The quantitative estimate of drug-likeness (QED) is 0.785. The fourth-order valence-electron chi connectivity index (χ4n) is 1.84. The van der Waals surface area contributed by atoms with Crippen molar-refractivity contribution < 1.29 is 0 Å². The van der Waals surface area contributed by atoms with E-state index in [1.165, 1.54) is 37.1 Å². The van der Waals surface area contributed by atoms with Crippen LogP contribution in [0.3, 0.4) is 0 Å². The van der Waals surface area contributed by atoms with Gasteiger partial charge in [0.05, 0.1) is 11.4 Å². The minimum atomic E-state index is -0.150. The van der Waals surface area contributed by atoms with Gasteiger partial charge in [-0.3, -0.25) is 0 Å². The van der Waals surface area contributed by atoms with Gasteiger partial charge in [0.1, 0.15) is 0 Å². The van der Waals surface area contributed by atoms with Gasteiger partial charge in [0.25, 0.3) is 0 Å². The minimum Gasteiger partial charge on any atom is -0.208 e. The van der Waals surface area contributed by atoms with Crippen LogP contribution in [0.1, 0.15) is 48.9 Å². The summed E-state index contributed by atoms with van der Waals surface area (Å²) in [6, 6.07) is 2.31. The topological polar surface area (TPSA) is 17.8 Å². The molecule has 2 aliphatic carbocycles. The third kappa shape index (κ3) is 1.54. The fourth-order valence-corrected chi connectivity index (χ4v) is 2.90. The lowest BCUT2D eigenvalue weighted by molar-refractivity contribution is 0.874. The summed E-state index contributed by atoms with van der Waals surface area (Å²) in [5, 5.41) is 4.66. The highest BCUT2D eigenvalue weighted by Gasteiger charge is 2.32. The molecule has 0 spiro atoms. The van der Waals surface area contributed by atoms with Crippen LogP contribution in [0.25, 0.3) is 0 Å². The smallest absolute Gasteiger partial charge is 0.0669 e. The third-order valence-electron chi connectivity index (χ3n) is 2.96. The zero-order valence-corrected chi connectivity index (χ0v) is 9.90. The maximum absolute atomic E-state index is 5.33. The lowest BCUT2D eigenvalue weighted by Crippen LogP contribution is -2.06. The Balaban J connectivity index is 2.01. The molecule has 76 valence electrons. The number of hydrogen-bond acceptors (Lipinski definition) is 2. The van der Waals surface area contributed by atoms with E-state index in [9.17, 15) is 0 Å². The van der Waals surface area contributed by atoms with Gasteiger partial charge in [0.2, 0.25) is 0 Å². The minimum absolute atomic E-state index is 0.150. The van der Waals surface area contributed by atoms with Gasteiger partial charge in [-0.05, 0) is 52.6 Å². The molecule has 2 aliphatic rings. The van der Waals surface area contributed by atoms with Crippen molar-refractivity contribution in [3.63, 3.8) is 0 Å². The molecule has 1 atom stereocenters. The van der Waals surface area contributed by atoms with Gasteiger partial charge in [-0.1, -0.05) is 0 Å². The summed E-state index contributed by atoms with van der Waals surface area (Å²) < 4.78 is 2.10. The number of rotatable bonds is 3. The third-order valence-corrected chi connectivity index (χ3v) is 4.16. The van der Waals surface area contributed by atoms with Crippen molar-refractivity contribution in [2.75, 3.05) is 6.26 Å². The van der Waals surface area contributed by atoms with Crippen LogP contribution in [-0.2, 0) is 20.8 Å². The molecule has 3 rings (SSSR count). The summed E-state index contributed by atoms with van der Waals surface area (Å²) in [4.78, 5) is 0. The van der Waals surface area contributed by atoms with Crippen molar-refractivity contribution >= 4 is 20.8 Å². The summed E-state index contributed by atoms with van der Waals surface area (Å²) >= 11 is 5.33. The van der Waals surface area contributed by atoms with Crippen molar-refractivity contribution in [3.8, 4) is 0 Å². The van der Waals surface area contributed by atoms with E-state index in [1.807, 2.05) is 0 Å². The molecule has 2 fully saturated rings. The van der Waals surface area contributed by atoms with Crippen molar-refractivity contribution in [1.29, 1.82) is 0 Å². The van der Waals surface area contributed by atoms with Crippen LogP contribution >= 0.6 is 0 Å². The van der Waals surface area contributed by atoms with Crippen LogP contribution < -0.4 is 0 Å². The molecule has 2 saturated carbocycles. The van der Waals surface area contributed by atoms with Gasteiger partial charge in [-0.15, -0.1) is 0 Å². The van der Waals surface area contributed by atoms with E-state index in [1.54, 1.807) is 0 Å². The SMILES string of the molecule is CS(=S)n1nc(C2CC2)cc1C1CC1. The first-order chi connectivity index (χ1) is 6.75. The highest BCUT2D eigenvalue weighted by molar-refractivity contribution is 8.27. The molecule has 1 unspecified atom stereocenters. The predicted molar refractivity (Wildman–Crippen MR) is 62.2 cm³/mol. The predicted octanol–water partition coefficient (Wildman–Crippen LogP) is 2.11. The molecule has 1 aromatic heterocycles. The van der Waals surface area contributed by atoms with E-state index in [4.69, 9.17) is 11.2 Å². The molecular weight excluding hydrogens is 212 g/mol. The Bertz CT molecular complexity index is 389. The Kier molecular flexibility index (Phi) is 2.02. The highest BCUT2D eigenvalue weighted by atomic mass is 32.8. The molecule has 0 saturated heterocycles. The second-order valence-corrected chi connectivity index (χ2v) is 6.98. The number of nitrogens with zero attached hydrogens (tertiary/aromatic N) is 2. The van der Waals surface area contributed by atoms with Crippen molar-refractivity contribution in [3.05, 3.63) is 17.5 Å². The first kappa shape index (κ1) is 9.04. The van der Waals surface area contributed by atoms with Crippen LogP contribution in [0.4, 0.5) is 0 Å². The second-order valence-electron chi connectivity index (χ2n) is 4.34. The Morgan fingerprint density at radius 1 is 1.36 bits per heavy atom. The lowest BCUT2D eigenvalue weighted by atomic mass is 10.2. The van der Waals surface area contributed by atoms with Gasteiger partial charge in [-0.2, -0.15) is 5.10 Å². The van der Waals surface area contributed by atoms with E-state index < -0.39 is 0 Å². The molecule has 0 amide bonds. The molecule has 0 aliphatic heterocycles. The Labute approximate surface area is 91.4 Å². The van der Waals surface area contributed by atoms with Gasteiger partial charge in [0, 0.05) is 18.1 Å². The molecule has 0 radical (unpaired) electrons. The van der Waals surface area contributed by atoms with Gasteiger partial charge >= 0.3 is 0 Å². The van der Waals surface area contributed by atoms with Crippen molar-refractivity contribution in [2.24, 2.45) is 0 Å². The van der Waals surface area contributed by atoms with Crippen LogP contribution in [0, 0.1) is 0 Å². The lowest BCUT2D eigenvalue weighted by Gasteiger charge is -2.02. The van der Waals surface area contributed by atoms with Gasteiger partial charge in [0.15, 0.2) is 0 Å². The van der Waals surface area contributed by atoms with E-state index in [2.05, 4.69) is 21.5 Å². The normalized spacial score (nSPS) is 23.8. The standard InChI is InChI=1S/C10H14N2S2/c1-14(13)12-10(8-4-5-8)6-9(11-12)7-2-3-7/h6-8H,2-5H2,1H3. The molecule has 1 heterocycles. The monoisotopic (exact) mass is 226 g/mol. The highest BCUT2D eigenvalue weighted by Crippen LogP contribution is 2.44. The van der Waals surface area contributed by atoms with Crippen molar-refractivity contribution in [2.45, 2.75) is 37.5 Å². The summed E-state index contributed by atoms with van der Waals surface area (Å²) in [5.41, 5.74) is 2.71. The van der Waals surface area contributed by atoms with E-state index in [0.717, 1.165) is 11.8 Å². The zero-order valence-electron chi connectivity index (χ0n) is 8.27. The Morgan fingerprint density at radius 3 is 2.50 bits per heavy atom. The average molecular weight is 226 g/mol. The van der Waals surface area contributed by atoms with Crippen LogP contribution in [0.5, 0.6) is 0 Å². The summed E-state index contributed by atoms with van der Waals surface area (Å²) in [6.45, 7) is 0. The average Bonchev–Trinajstić information content (AvgIpc) is 3.03. The first-order valence-corrected chi connectivity index (χ1v) is 7.71. The molecule has 2 nitrogen and oxygen atoms in total. The van der Waals surface area contributed by atoms with Crippen LogP contribution in [0.15, 0.2) is 6.07 Å². The van der Waals surface area contributed by atoms with E-state index in [-0.39, 0.29) is 9.64 Å². The first-order valence-electron chi connectivity index (χ1n) is 5.19. The summed E-state index contributed by atoms with van der Waals surface area (Å²) in [6.07, 6.45) is 7.40. The van der Waals surface area contributed by atoms with Gasteiger partial charge in [-0.25, -0.2) is 4.09 Å². The molecule has 0 aromatic carbocycles. The Morgan fingerprint density at radius 2 is 2.00 bits per heavy atom. The summed E-state index contributed by atoms with van der Waals surface area (Å²) in [5.74, 6) is 1.53. The number of hydrogen-bond donors (Lipinski definition) is 0. The largest absolute Gasteiger partial charge is 0.208 e.